The van der Waals surface area contributed by atoms with Gasteiger partial charge >= 0.3 is 0 Å². The predicted octanol–water partition coefficient (Wildman–Crippen LogP) is 3.51. The molecule has 8 heteroatoms. The standard InChI is InChI=1S/C19H25Cl2N3O2.ClH/c20-15-7-6-12(9-16(15)21)19(26)24-8-2-4-14(11-24)18(25)23-17-5-1-3-13(17)10-22;/h6-7,9,13-14,17H,1-5,8,10-11,22H2,(H,23,25);1H. The van der Waals surface area contributed by atoms with Crippen molar-refractivity contribution in [2.45, 2.75) is 38.1 Å². The zero-order valence-electron chi connectivity index (χ0n) is 15.1. The Morgan fingerprint density at radius 2 is 1.93 bits per heavy atom. The third kappa shape index (κ3) is 5.29. The van der Waals surface area contributed by atoms with E-state index < -0.39 is 0 Å². The molecule has 1 aliphatic carbocycles. The third-order valence-electron chi connectivity index (χ3n) is 5.54. The van der Waals surface area contributed by atoms with Crippen LogP contribution < -0.4 is 11.1 Å². The van der Waals surface area contributed by atoms with Gasteiger partial charge in [0.2, 0.25) is 5.91 Å². The third-order valence-corrected chi connectivity index (χ3v) is 6.27. The van der Waals surface area contributed by atoms with Gasteiger partial charge in [0.25, 0.3) is 5.91 Å². The van der Waals surface area contributed by atoms with Crippen molar-refractivity contribution in [1.29, 1.82) is 0 Å². The first-order valence-corrected chi connectivity index (χ1v) is 10.00. The highest BCUT2D eigenvalue weighted by Gasteiger charge is 2.33. The van der Waals surface area contributed by atoms with Crippen LogP contribution in [-0.2, 0) is 4.79 Å². The van der Waals surface area contributed by atoms with E-state index in [-0.39, 0.29) is 36.2 Å². The molecule has 1 aliphatic heterocycles. The molecule has 27 heavy (non-hydrogen) atoms. The normalized spacial score (nSPS) is 25.0. The molecule has 1 aromatic rings. The van der Waals surface area contributed by atoms with Gasteiger partial charge in [-0.25, -0.2) is 0 Å². The summed E-state index contributed by atoms with van der Waals surface area (Å²) in [4.78, 5) is 27.2. The number of nitrogens with zero attached hydrogens (tertiary/aromatic N) is 1. The molecule has 2 fully saturated rings. The van der Waals surface area contributed by atoms with Crippen LogP contribution in [0.25, 0.3) is 0 Å². The highest BCUT2D eigenvalue weighted by molar-refractivity contribution is 6.42. The van der Waals surface area contributed by atoms with Crippen LogP contribution in [0.3, 0.4) is 0 Å². The zero-order chi connectivity index (χ0) is 18.7. The van der Waals surface area contributed by atoms with Crippen LogP contribution >= 0.6 is 35.6 Å². The smallest absolute Gasteiger partial charge is 0.253 e. The van der Waals surface area contributed by atoms with Crippen molar-refractivity contribution in [2.75, 3.05) is 19.6 Å². The van der Waals surface area contributed by atoms with Crippen LogP contribution in [-0.4, -0.2) is 42.4 Å². The van der Waals surface area contributed by atoms with Gasteiger partial charge in [-0.15, -0.1) is 12.4 Å². The maximum absolute atomic E-state index is 12.8. The van der Waals surface area contributed by atoms with E-state index in [1.54, 1.807) is 23.1 Å². The molecule has 0 radical (unpaired) electrons. The highest BCUT2D eigenvalue weighted by Crippen LogP contribution is 2.27. The number of likely N-dealkylation sites (tertiary alicyclic amines) is 1. The van der Waals surface area contributed by atoms with Gasteiger partial charge in [-0.05, 0) is 56.3 Å². The summed E-state index contributed by atoms with van der Waals surface area (Å²) in [5.41, 5.74) is 6.30. The molecular formula is C19H26Cl3N3O2. The number of hydrogen-bond acceptors (Lipinski definition) is 3. The van der Waals surface area contributed by atoms with Crippen LogP contribution in [0.4, 0.5) is 0 Å². The number of piperidine rings is 1. The number of hydrogen-bond donors (Lipinski definition) is 2. The molecule has 5 nitrogen and oxygen atoms in total. The Morgan fingerprint density at radius 1 is 1.15 bits per heavy atom. The second-order valence-electron chi connectivity index (χ2n) is 7.26. The summed E-state index contributed by atoms with van der Waals surface area (Å²) >= 11 is 11.9. The van der Waals surface area contributed by atoms with Gasteiger partial charge in [0.05, 0.1) is 16.0 Å². The predicted molar refractivity (Wildman–Crippen MR) is 111 cm³/mol. The number of nitrogens with two attached hydrogens (primary N) is 1. The van der Waals surface area contributed by atoms with Gasteiger partial charge in [-0.1, -0.05) is 29.6 Å². The molecule has 1 heterocycles. The minimum atomic E-state index is -0.172. The fourth-order valence-electron chi connectivity index (χ4n) is 4.00. The molecule has 0 bridgehead atoms. The number of rotatable bonds is 4. The summed E-state index contributed by atoms with van der Waals surface area (Å²) in [5.74, 6) is 0.134. The molecule has 2 aliphatic rings. The highest BCUT2D eigenvalue weighted by atomic mass is 35.5. The summed E-state index contributed by atoms with van der Waals surface area (Å²) in [6.07, 6.45) is 4.80. The van der Waals surface area contributed by atoms with E-state index >= 15 is 0 Å². The number of benzene rings is 1. The average Bonchev–Trinajstić information content (AvgIpc) is 3.10. The first kappa shape index (κ1) is 22.3. The van der Waals surface area contributed by atoms with Gasteiger partial charge < -0.3 is 16.0 Å². The fraction of sp³-hybridized carbons (Fsp3) is 0.579. The van der Waals surface area contributed by atoms with Gasteiger partial charge in [0.15, 0.2) is 0 Å². The second-order valence-corrected chi connectivity index (χ2v) is 8.08. The van der Waals surface area contributed by atoms with E-state index in [2.05, 4.69) is 5.32 Å². The van der Waals surface area contributed by atoms with Crippen molar-refractivity contribution in [1.82, 2.24) is 10.2 Å². The molecule has 150 valence electrons. The largest absolute Gasteiger partial charge is 0.353 e. The molecule has 0 aromatic heterocycles. The van der Waals surface area contributed by atoms with Crippen molar-refractivity contribution < 1.29 is 9.59 Å². The monoisotopic (exact) mass is 433 g/mol. The van der Waals surface area contributed by atoms with Crippen LogP contribution in [0.1, 0.15) is 42.5 Å². The van der Waals surface area contributed by atoms with E-state index in [4.69, 9.17) is 28.9 Å². The number of nitrogens with one attached hydrogen (secondary N) is 1. The van der Waals surface area contributed by atoms with Crippen LogP contribution in [0.15, 0.2) is 18.2 Å². The SMILES string of the molecule is Cl.NCC1CCCC1NC(=O)C1CCCN(C(=O)c2ccc(Cl)c(Cl)c2)C1. The quantitative estimate of drug-likeness (QED) is 0.761. The number of carbonyl (C=O) groups is 2. The van der Waals surface area contributed by atoms with Gasteiger partial charge in [0, 0.05) is 24.7 Å². The molecule has 2 amide bonds. The molecule has 1 saturated carbocycles. The fourth-order valence-corrected chi connectivity index (χ4v) is 4.29. The van der Waals surface area contributed by atoms with Crippen LogP contribution in [0.5, 0.6) is 0 Å². The van der Waals surface area contributed by atoms with E-state index in [1.807, 2.05) is 0 Å². The van der Waals surface area contributed by atoms with Crippen molar-refractivity contribution >= 4 is 47.4 Å². The van der Waals surface area contributed by atoms with Crippen molar-refractivity contribution in [3.8, 4) is 0 Å². The Morgan fingerprint density at radius 3 is 2.63 bits per heavy atom. The molecule has 1 saturated heterocycles. The Balaban J connectivity index is 0.00000261. The first-order valence-electron chi connectivity index (χ1n) is 9.24. The Kier molecular flexibility index (Phi) is 8.22. The average molecular weight is 435 g/mol. The van der Waals surface area contributed by atoms with E-state index in [1.165, 1.54) is 0 Å². The van der Waals surface area contributed by atoms with Gasteiger partial charge in [-0.3, -0.25) is 9.59 Å². The molecule has 1 aromatic carbocycles. The molecule has 3 rings (SSSR count). The lowest BCUT2D eigenvalue weighted by Gasteiger charge is -2.33. The van der Waals surface area contributed by atoms with Gasteiger partial charge in [0.1, 0.15) is 0 Å². The van der Waals surface area contributed by atoms with Crippen molar-refractivity contribution in [2.24, 2.45) is 17.6 Å². The maximum Gasteiger partial charge on any atom is 0.253 e. The van der Waals surface area contributed by atoms with E-state index in [9.17, 15) is 9.59 Å². The maximum atomic E-state index is 12.8. The van der Waals surface area contributed by atoms with Gasteiger partial charge in [-0.2, -0.15) is 0 Å². The molecule has 3 N–H and O–H groups in total. The van der Waals surface area contributed by atoms with E-state index in [0.717, 1.165) is 32.1 Å². The first-order chi connectivity index (χ1) is 12.5. The Labute approximate surface area is 176 Å². The summed E-state index contributed by atoms with van der Waals surface area (Å²) in [6, 6.07) is 5.05. The zero-order valence-corrected chi connectivity index (χ0v) is 17.5. The minimum Gasteiger partial charge on any atom is -0.353 e. The number of carbonyl (C=O) groups excluding carboxylic acids is 2. The molecule has 3 atom stereocenters. The summed E-state index contributed by atoms with van der Waals surface area (Å²) < 4.78 is 0. The van der Waals surface area contributed by atoms with Crippen molar-refractivity contribution in [3.63, 3.8) is 0 Å². The second kappa shape index (κ2) is 9.97. The molecule has 3 unspecified atom stereocenters. The summed E-state index contributed by atoms with van der Waals surface area (Å²) in [7, 11) is 0. The Bertz CT molecular complexity index is 686. The van der Waals surface area contributed by atoms with E-state index in [0.29, 0.717) is 41.2 Å². The molecule has 0 spiro atoms. The van der Waals surface area contributed by atoms with Crippen molar-refractivity contribution in [3.05, 3.63) is 33.8 Å². The summed E-state index contributed by atoms with van der Waals surface area (Å²) in [5, 5.41) is 3.95. The summed E-state index contributed by atoms with van der Waals surface area (Å²) in [6.45, 7) is 1.69. The van der Waals surface area contributed by atoms with Crippen LogP contribution in [0.2, 0.25) is 10.0 Å². The number of halogens is 3. The minimum absolute atomic E-state index is 0. The Hall–Kier alpha value is -1.01. The lowest BCUT2D eigenvalue weighted by Crippen LogP contribution is -2.48. The molecular weight excluding hydrogens is 409 g/mol. The lowest BCUT2D eigenvalue weighted by atomic mass is 9.95. The number of amides is 2. The van der Waals surface area contributed by atoms with Crippen LogP contribution in [0, 0.1) is 11.8 Å². The topological polar surface area (TPSA) is 75.4 Å². The lowest BCUT2D eigenvalue weighted by molar-refractivity contribution is -0.127.